The Morgan fingerprint density at radius 3 is 3.00 bits per heavy atom. The number of halogens is 1. The lowest BCUT2D eigenvalue weighted by atomic mass is 10.2. The van der Waals surface area contributed by atoms with Gasteiger partial charge in [0.25, 0.3) is 0 Å². The van der Waals surface area contributed by atoms with Crippen LogP contribution in [0.1, 0.15) is 19.8 Å². The van der Waals surface area contributed by atoms with Gasteiger partial charge >= 0.3 is 0 Å². The molecule has 1 N–H and O–H groups in total. The molecular formula is C12H14BrN3. The SMILES string of the molecule is CCCCNc1ncnc2cc(Br)ccc12. The minimum Gasteiger partial charge on any atom is -0.369 e. The van der Waals surface area contributed by atoms with Crippen LogP contribution in [0.5, 0.6) is 0 Å². The van der Waals surface area contributed by atoms with E-state index in [1.165, 1.54) is 6.42 Å². The minimum absolute atomic E-state index is 0.922. The zero-order valence-corrected chi connectivity index (χ0v) is 10.8. The van der Waals surface area contributed by atoms with Crippen molar-refractivity contribution in [2.24, 2.45) is 0 Å². The third-order valence-corrected chi connectivity index (χ3v) is 2.91. The molecule has 1 aromatic heterocycles. The van der Waals surface area contributed by atoms with Gasteiger partial charge in [0.1, 0.15) is 12.1 Å². The summed E-state index contributed by atoms with van der Waals surface area (Å²) >= 11 is 3.44. The van der Waals surface area contributed by atoms with E-state index >= 15 is 0 Å². The molecule has 2 rings (SSSR count). The molecule has 0 saturated heterocycles. The lowest BCUT2D eigenvalue weighted by Gasteiger charge is -2.07. The molecule has 16 heavy (non-hydrogen) atoms. The Labute approximate surface area is 103 Å². The molecule has 2 aromatic rings. The van der Waals surface area contributed by atoms with E-state index in [0.29, 0.717) is 0 Å². The number of benzene rings is 1. The Bertz CT molecular complexity index is 485. The first kappa shape index (κ1) is 11.3. The Balaban J connectivity index is 2.30. The van der Waals surface area contributed by atoms with Gasteiger partial charge in [-0.25, -0.2) is 9.97 Å². The molecule has 0 aliphatic heterocycles. The highest BCUT2D eigenvalue weighted by Crippen LogP contribution is 2.22. The fourth-order valence-electron chi connectivity index (χ4n) is 1.55. The van der Waals surface area contributed by atoms with Crippen LogP contribution in [0.25, 0.3) is 10.9 Å². The quantitative estimate of drug-likeness (QED) is 0.869. The number of nitrogens with zero attached hydrogens (tertiary/aromatic N) is 2. The standard InChI is InChI=1S/C12H14BrN3/c1-2-3-6-14-12-10-5-4-9(13)7-11(10)15-8-16-12/h4-5,7-8H,2-3,6H2,1H3,(H,14,15,16). The van der Waals surface area contributed by atoms with Gasteiger partial charge in [-0.2, -0.15) is 0 Å². The smallest absolute Gasteiger partial charge is 0.137 e. The summed E-state index contributed by atoms with van der Waals surface area (Å²) in [5.41, 5.74) is 0.961. The zero-order chi connectivity index (χ0) is 11.4. The maximum atomic E-state index is 4.27. The van der Waals surface area contributed by atoms with Crippen LogP contribution in [0.2, 0.25) is 0 Å². The second-order valence-electron chi connectivity index (χ2n) is 3.66. The van der Waals surface area contributed by atoms with Gasteiger partial charge in [-0.1, -0.05) is 29.3 Å². The summed E-state index contributed by atoms with van der Waals surface area (Å²) in [6.45, 7) is 3.13. The lowest BCUT2D eigenvalue weighted by Crippen LogP contribution is -2.03. The average molecular weight is 280 g/mol. The third-order valence-electron chi connectivity index (χ3n) is 2.42. The molecule has 4 heteroatoms. The lowest BCUT2D eigenvalue weighted by molar-refractivity contribution is 0.831. The van der Waals surface area contributed by atoms with Crippen LogP contribution in [0.4, 0.5) is 5.82 Å². The summed E-state index contributed by atoms with van der Waals surface area (Å²) in [4.78, 5) is 8.52. The molecule has 0 aliphatic carbocycles. The Morgan fingerprint density at radius 1 is 1.31 bits per heavy atom. The number of nitrogens with one attached hydrogen (secondary N) is 1. The molecule has 0 aliphatic rings. The van der Waals surface area contributed by atoms with Crippen molar-refractivity contribution in [1.82, 2.24) is 9.97 Å². The number of anilines is 1. The van der Waals surface area contributed by atoms with Crippen LogP contribution < -0.4 is 5.32 Å². The molecule has 0 fully saturated rings. The fraction of sp³-hybridized carbons (Fsp3) is 0.333. The highest BCUT2D eigenvalue weighted by molar-refractivity contribution is 9.10. The monoisotopic (exact) mass is 279 g/mol. The van der Waals surface area contributed by atoms with E-state index < -0.39 is 0 Å². The molecule has 84 valence electrons. The highest BCUT2D eigenvalue weighted by Gasteiger charge is 2.02. The summed E-state index contributed by atoms with van der Waals surface area (Å²) in [5.74, 6) is 0.922. The summed E-state index contributed by atoms with van der Waals surface area (Å²) in [5, 5.41) is 4.41. The van der Waals surface area contributed by atoms with E-state index in [1.807, 2.05) is 18.2 Å². The summed E-state index contributed by atoms with van der Waals surface area (Å²) in [6.07, 6.45) is 3.94. The molecule has 1 heterocycles. The summed E-state index contributed by atoms with van der Waals surface area (Å²) < 4.78 is 1.04. The van der Waals surface area contributed by atoms with Crippen LogP contribution in [0.15, 0.2) is 29.0 Å². The predicted octanol–water partition coefficient (Wildman–Crippen LogP) is 3.60. The van der Waals surface area contributed by atoms with Crippen LogP contribution >= 0.6 is 15.9 Å². The molecule has 0 amide bonds. The maximum absolute atomic E-state index is 4.27. The topological polar surface area (TPSA) is 37.8 Å². The maximum Gasteiger partial charge on any atom is 0.137 e. The second kappa shape index (κ2) is 5.25. The van der Waals surface area contributed by atoms with Gasteiger partial charge in [-0.05, 0) is 24.6 Å². The first-order valence-corrected chi connectivity index (χ1v) is 6.24. The average Bonchev–Trinajstić information content (AvgIpc) is 2.29. The van der Waals surface area contributed by atoms with Crippen molar-refractivity contribution < 1.29 is 0 Å². The van der Waals surface area contributed by atoms with Gasteiger partial charge in [-0.15, -0.1) is 0 Å². The van der Waals surface area contributed by atoms with Crippen molar-refractivity contribution >= 4 is 32.7 Å². The summed E-state index contributed by atoms with van der Waals surface area (Å²) in [7, 11) is 0. The van der Waals surface area contributed by atoms with Crippen molar-refractivity contribution in [1.29, 1.82) is 0 Å². The number of hydrogen-bond donors (Lipinski definition) is 1. The van der Waals surface area contributed by atoms with Gasteiger partial charge in [-0.3, -0.25) is 0 Å². The van der Waals surface area contributed by atoms with E-state index in [2.05, 4.69) is 38.1 Å². The molecule has 1 aromatic carbocycles. The van der Waals surface area contributed by atoms with Crippen LogP contribution in [-0.2, 0) is 0 Å². The molecule has 0 radical (unpaired) electrons. The van der Waals surface area contributed by atoms with Crippen LogP contribution in [-0.4, -0.2) is 16.5 Å². The van der Waals surface area contributed by atoms with Crippen LogP contribution in [0, 0.1) is 0 Å². The minimum atomic E-state index is 0.922. The Kier molecular flexibility index (Phi) is 3.72. The first-order chi connectivity index (χ1) is 7.81. The molecule has 3 nitrogen and oxygen atoms in total. The first-order valence-electron chi connectivity index (χ1n) is 5.45. The summed E-state index contributed by atoms with van der Waals surface area (Å²) in [6, 6.07) is 6.05. The fourth-order valence-corrected chi connectivity index (χ4v) is 1.90. The zero-order valence-electron chi connectivity index (χ0n) is 9.20. The molecule has 0 spiro atoms. The number of unbranched alkanes of at least 4 members (excludes halogenated alkanes) is 1. The number of aromatic nitrogens is 2. The van der Waals surface area contributed by atoms with Crippen molar-refractivity contribution in [2.75, 3.05) is 11.9 Å². The molecule has 0 saturated carbocycles. The third kappa shape index (κ3) is 2.50. The number of fused-ring (bicyclic) bond motifs is 1. The molecule has 0 atom stereocenters. The van der Waals surface area contributed by atoms with Crippen molar-refractivity contribution in [3.8, 4) is 0 Å². The van der Waals surface area contributed by atoms with Crippen molar-refractivity contribution in [2.45, 2.75) is 19.8 Å². The van der Waals surface area contributed by atoms with Crippen molar-refractivity contribution in [3.05, 3.63) is 29.0 Å². The van der Waals surface area contributed by atoms with E-state index in [0.717, 1.165) is 34.2 Å². The number of hydrogen-bond acceptors (Lipinski definition) is 3. The number of rotatable bonds is 4. The van der Waals surface area contributed by atoms with Gasteiger partial charge in [0, 0.05) is 16.4 Å². The molecule has 0 unspecified atom stereocenters. The van der Waals surface area contributed by atoms with Gasteiger partial charge in [0.15, 0.2) is 0 Å². The van der Waals surface area contributed by atoms with E-state index in [4.69, 9.17) is 0 Å². The van der Waals surface area contributed by atoms with Gasteiger partial charge < -0.3 is 5.32 Å². The Hall–Kier alpha value is -1.16. The highest BCUT2D eigenvalue weighted by atomic mass is 79.9. The van der Waals surface area contributed by atoms with E-state index in [1.54, 1.807) is 6.33 Å². The van der Waals surface area contributed by atoms with Crippen LogP contribution in [0.3, 0.4) is 0 Å². The molecule has 0 bridgehead atoms. The predicted molar refractivity (Wildman–Crippen MR) is 70.6 cm³/mol. The Morgan fingerprint density at radius 2 is 2.19 bits per heavy atom. The van der Waals surface area contributed by atoms with E-state index in [9.17, 15) is 0 Å². The van der Waals surface area contributed by atoms with E-state index in [-0.39, 0.29) is 0 Å². The normalized spacial score (nSPS) is 10.6. The molecular weight excluding hydrogens is 266 g/mol. The van der Waals surface area contributed by atoms with Crippen molar-refractivity contribution in [3.63, 3.8) is 0 Å². The largest absolute Gasteiger partial charge is 0.369 e. The van der Waals surface area contributed by atoms with Gasteiger partial charge in [0.2, 0.25) is 0 Å². The second-order valence-corrected chi connectivity index (χ2v) is 4.58. The van der Waals surface area contributed by atoms with Gasteiger partial charge in [0.05, 0.1) is 5.52 Å².